The van der Waals surface area contributed by atoms with Crippen LogP contribution in [-0.2, 0) is 18.9 Å². The average molecular weight is 547 g/mol. The van der Waals surface area contributed by atoms with E-state index in [1.165, 1.54) is 31.3 Å². The van der Waals surface area contributed by atoms with Crippen molar-refractivity contribution in [1.82, 2.24) is 0 Å². The highest BCUT2D eigenvalue weighted by Crippen LogP contribution is 2.70. The summed E-state index contributed by atoms with van der Waals surface area (Å²) < 4.78 is 25.2. The van der Waals surface area contributed by atoms with Crippen LogP contribution in [-0.4, -0.2) is 71.1 Å². The zero-order valence-electron chi connectivity index (χ0n) is 24.3. The molecule has 7 heteroatoms. The molecule has 3 aliphatic heterocycles. The molecule has 4 aliphatic carbocycles. The van der Waals surface area contributed by atoms with Gasteiger partial charge in [-0.25, -0.2) is 0 Å². The van der Waals surface area contributed by atoms with Gasteiger partial charge in [-0.15, -0.1) is 0 Å². The molecule has 7 aliphatic rings. The molecule has 7 nitrogen and oxygen atoms in total. The number of ether oxygens (including phenoxy) is 4. The highest BCUT2D eigenvalue weighted by molar-refractivity contribution is 5.26. The van der Waals surface area contributed by atoms with Gasteiger partial charge in [-0.2, -0.15) is 0 Å². The van der Waals surface area contributed by atoms with Crippen LogP contribution in [0.1, 0.15) is 85.5 Å². The van der Waals surface area contributed by atoms with E-state index in [1.807, 2.05) is 0 Å². The van der Waals surface area contributed by atoms with Crippen LogP contribution in [0.15, 0.2) is 11.6 Å². The van der Waals surface area contributed by atoms with E-state index in [0.717, 1.165) is 38.7 Å². The molecule has 0 bridgehead atoms. The zero-order valence-corrected chi connectivity index (χ0v) is 24.3. The van der Waals surface area contributed by atoms with E-state index < -0.39 is 24.6 Å². The summed E-state index contributed by atoms with van der Waals surface area (Å²) in [6.45, 7) is 10.3. The second kappa shape index (κ2) is 9.48. The maximum absolute atomic E-state index is 10.4. The molecule has 1 spiro atoms. The molecule has 220 valence electrons. The number of rotatable bonds is 3. The average Bonchev–Trinajstić information content (AvgIpc) is 3.47. The van der Waals surface area contributed by atoms with Gasteiger partial charge in [0, 0.05) is 12.3 Å². The fourth-order valence-corrected chi connectivity index (χ4v) is 10.9. The topological polar surface area (TPSA) is 97.6 Å². The van der Waals surface area contributed by atoms with Crippen molar-refractivity contribution >= 4 is 0 Å². The van der Waals surface area contributed by atoms with Gasteiger partial charge in [-0.05, 0) is 91.8 Å². The first-order valence-corrected chi connectivity index (χ1v) is 15.9. The molecule has 7 rings (SSSR count). The van der Waals surface area contributed by atoms with E-state index >= 15 is 0 Å². The van der Waals surface area contributed by atoms with Crippen molar-refractivity contribution in [3.63, 3.8) is 0 Å². The SMILES string of the molecule is C[C@@H]1CC[C@@]2(OC1)O[C@H]1C[C@H]3[C@@H]4CC=C5C[C@@H](O[C@H]6O[C@@H](CO)[C@H](O)[C@H]6O)CC[C@]5(C)[C@H]4CC[C@]3(C)[C@H]1[C@@H]2C. The number of aliphatic hydroxyl groups excluding tert-OH is 3. The van der Waals surface area contributed by atoms with Gasteiger partial charge >= 0.3 is 0 Å². The second-order valence-corrected chi connectivity index (χ2v) is 15.0. The van der Waals surface area contributed by atoms with Crippen LogP contribution in [0.3, 0.4) is 0 Å². The Hall–Kier alpha value is -0.540. The van der Waals surface area contributed by atoms with Crippen LogP contribution in [0.2, 0.25) is 0 Å². The molecule has 39 heavy (non-hydrogen) atoms. The van der Waals surface area contributed by atoms with Crippen LogP contribution in [0.4, 0.5) is 0 Å². The van der Waals surface area contributed by atoms with Crippen LogP contribution in [0.25, 0.3) is 0 Å². The summed E-state index contributed by atoms with van der Waals surface area (Å²) in [5, 5.41) is 29.9. The number of allylic oxidation sites excluding steroid dienone is 1. The summed E-state index contributed by atoms with van der Waals surface area (Å²) in [6.07, 6.45) is 8.95. The minimum absolute atomic E-state index is 0.0338. The van der Waals surface area contributed by atoms with Crippen molar-refractivity contribution in [1.29, 1.82) is 0 Å². The molecule has 3 saturated carbocycles. The van der Waals surface area contributed by atoms with Crippen molar-refractivity contribution in [3.05, 3.63) is 11.6 Å². The molecule has 0 aromatic rings. The Morgan fingerprint density at radius 1 is 1.03 bits per heavy atom. The van der Waals surface area contributed by atoms with Crippen molar-refractivity contribution in [3.8, 4) is 0 Å². The largest absolute Gasteiger partial charge is 0.394 e. The zero-order chi connectivity index (χ0) is 27.3. The van der Waals surface area contributed by atoms with Gasteiger partial charge in [0.05, 0.1) is 25.4 Å². The lowest BCUT2D eigenvalue weighted by molar-refractivity contribution is -0.272. The monoisotopic (exact) mass is 546 g/mol. The van der Waals surface area contributed by atoms with E-state index in [1.54, 1.807) is 0 Å². The Labute approximate surface area is 233 Å². The molecule has 0 aromatic heterocycles. The van der Waals surface area contributed by atoms with Gasteiger partial charge in [-0.1, -0.05) is 39.3 Å². The molecule has 0 radical (unpaired) electrons. The first-order chi connectivity index (χ1) is 18.6. The standard InChI is InChI=1S/C32H50O7/c1-17-7-12-32(36-16-17)18(2)26-24(39-32)14-23-21-6-5-19-13-20(37-29-28(35)27(34)25(15-33)38-29)8-10-30(19,3)22(21)9-11-31(23,26)4/h5,17-18,20-29,33-35H,6-16H2,1-4H3/t17-,18+,20+,21-,22+,23+,24+,25+,26+,27+,28-,29+,30+,31+,32-/m1/s1. The predicted octanol–water partition coefficient (Wildman–Crippen LogP) is 4.18. The minimum atomic E-state index is -1.12. The Morgan fingerprint density at radius 2 is 1.85 bits per heavy atom. The summed E-state index contributed by atoms with van der Waals surface area (Å²) in [5.41, 5.74) is 2.03. The van der Waals surface area contributed by atoms with Crippen molar-refractivity contribution in [2.75, 3.05) is 13.2 Å². The Kier molecular flexibility index (Phi) is 6.64. The number of hydrogen-bond donors (Lipinski definition) is 3. The summed E-state index contributed by atoms with van der Waals surface area (Å²) in [6, 6.07) is 0. The molecular weight excluding hydrogens is 496 g/mol. The molecule has 3 N–H and O–H groups in total. The highest BCUT2D eigenvalue weighted by atomic mass is 16.7. The van der Waals surface area contributed by atoms with Gasteiger partial charge < -0.3 is 34.3 Å². The molecule has 3 heterocycles. The molecule has 6 fully saturated rings. The van der Waals surface area contributed by atoms with Crippen LogP contribution in [0.5, 0.6) is 0 Å². The van der Waals surface area contributed by atoms with Gasteiger partial charge in [0.1, 0.15) is 18.3 Å². The number of aliphatic hydroxyl groups is 3. The van der Waals surface area contributed by atoms with Gasteiger partial charge in [0.2, 0.25) is 0 Å². The minimum Gasteiger partial charge on any atom is -0.394 e. The van der Waals surface area contributed by atoms with Crippen LogP contribution < -0.4 is 0 Å². The fourth-order valence-electron chi connectivity index (χ4n) is 10.9. The molecule has 0 unspecified atom stereocenters. The maximum atomic E-state index is 10.4. The maximum Gasteiger partial charge on any atom is 0.186 e. The van der Waals surface area contributed by atoms with Gasteiger partial charge in [0.15, 0.2) is 12.1 Å². The normalized spacial score (nSPS) is 58.5. The predicted molar refractivity (Wildman–Crippen MR) is 144 cm³/mol. The fraction of sp³-hybridized carbons (Fsp3) is 0.938. The van der Waals surface area contributed by atoms with Crippen LogP contribution in [0, 0.1) is 46.3 Å². The van der Waals surface area contributed by atoms with Gasteiger partial charge in [0.25, 0.3) is 0 Å². The third-order valence-electron chi connectivity index (χ3n) is 13.2. The highest BCUT2D eigenvalue weighted by Gasteiger charge is 2.68. The lowest BCUT2D eigenvalue weighted by atomic mass is 9.47. The number of fused-ring (bicyclic) bond motifs is 7. The Morgan fingerprint density at radius 3 is 2.56 bits per heavy atom. The van der Waals surface area contributed by atoms with E-state index in [2.05, 4.69) is 33.8 Å². The lowest BCUT2D eigenvalue weighted by Crippen LogP contribution is -2.52. The lowest BCUT2D eigenvalue weighted by Gasteiger charge is -2.58. The molecule has 15 atom stereocenters. The first-order valence-electron chi connectivity index (χ1n) is 15.9. The van der Waals surface area contributed by atoms with E-state index in [-0.39, 0.29) is 23.9 Å². The molecular formula is C32H50O7. The summed E-state index contributed by atoms with van der Waals surface area (Å²) in [5.74, 6) is 3.44. The van der Waals surface area contributed by atoms with E-state index in [4.69, 9.17) is 18.9 Å². The van der Waals surface area contributed by atoms with Crippen molar-refractivity contribution in [2.24, 2.45) is 46.3 Å². The van der Waals surface area contributed by atoms with Gasteiger partial charge in [-0.3, -0.25) is 0 Å². The van der Waals surface area contributed by atoms with Crippen molar-refractivity contribution < 1.29 is 34.3 Å². The third kappa shape index (κ3) is 3.93. The number of hydrogen-bond acceptors (Lipinski definition) is 7. The Bertz CT molecular complexity index is 976. The molecule has 3 saturated heterocycles. The van der Waals surface area contributed by atoms with E-state index in [9.17, 15) is 15.3 Å². The smallest absolute Gasteiger partial charge is 0.186 e. The second-order valence-electron chi connectivity index (χ2n) is 15.0. The Balaban J connectivity index is 1.06. The van der Waals surface area contributed by atoms with Crippen LogP contribution >= 0.6 is 0 Å². The summed E-state index contributed by atoms with van der Waals surface area (Å²) in [4.78, 5) is 0. The first kappa shape index (κ1) is 27.3. The molecule has 0 aromatic carbocycles. The molecule has 0 amide bonds. The summed E-state index contributed by atoms with van der Waals surface area (Å²) >= 11 is 0. The van der Waals surface area contributed by atoms with Crippen molar-refractivity contribution in [2.45, 2.75) is 128 Å². The summed E-state index contributed by atoms with van der Waals surface area (Å²) in [7, 11) is 0. The third-order valence-corrected chi connectivity index (χ3v) is 13.2. The quantitative estimate of drug-likeness (QED) is 0.457. The van der Waals surface area contributed by atoms with E-state index in [0.29, 0.717) is 47.0 Å².